The number of para-hydroxylation sites is 1. The Hall–Kier alpha value is -1.94. The zero-order chi connectivity index (χ0) is 13.1. The molecule has 1 aromatic carbocycles. The lowest BCUT2D eigenvalue weighted by molar-refractivity contribution is 0.426. The standard InChI is InChI=1S/C15H15FN2O/c16-13-3-1-2-4-14(13)19-15-9-11(7-8-17-15)10-18-12-5-6-12/h1-4,7-9,12,18H,5-6,10H2. The molecule has 1 aliphatic rings. The molecule has 1 saturated carbocycles. The number of aromatic nitrogens is 1. The van der Waals surface area contributed by atoms with Crippen molar-refractivity contribution < 1.29 is 9.13 Å². The van der Waals surface area contributed by atoms with Gasteiger partial charge in [0.2, 0.25) is 5.88 Å². The minimum atomic E-state index is -0.384. The summed E-state index contributed by atoms with van der Waals surface area (Å²) >= 11 is 0. The number of hydrogen-bond acceptors (Lipinski definition) is 3. The van der Waals surface area contributed by atoms with Crippen LogP contribution in [0.3, 0.4) is 0 Å². The van der Waals surface area contributed by atoms with E-state index in [2.05, 4.69) is 10.3 Å². The Bertz CT molecular complexity index is 570. The largest absolute Gasteiger partial charge is 0.436 e. The molecule has 1 aromatic heterocycles. The Labute approximate surface area is 111 Å². The molecular weight excluding hydrogens is 243 g/mol. The van der Waals surface area contributed by atoms with Gasteiger partial charge in [-0.2, -0.15) is 0 Å². The second kappa shape index (κ2) is 5.36. The zero-order valence-corrected chi connectivity index (χ0v) is 10.5. The van der Waals surface area contributed by atoms with Gasteiger partial charge in [-0.1, -0.05) is 12.1 Å². The number of hydrogen-bond donors (Lipinski definition) is 1. The third kappa shape index (κ3) is 3.29. The third-order valence-corrected chi connectivity index (χ3v) is 3.02. The summed E-state index contributed by atoms with van der Waals surface area (Å²) in [6.45, 7) is 0.792. The molecule has 0 saturated heterocycles. The van der Waals surface area contributed by atoms with Crippen LogP contribution in [0.5, 0.6) is 11.6 Å². The van der Waals surface area contributed by atoms with Crippen LogP contribution in [0.1, 0.15) is 18.4 Å². The topological polar surface area (TPSA) is 34.1 Å². The number of nitrogens with zero attached hydrogens (tertiary/aromatic N) is 1. The maximum Gasteiger partial charge on any atom is 0.219 e. The number of halogens is 1. The first-order chi connectivity index (χ1) is 9.31. The molecule has 2 aromatic rings. The van der Waals surface area contributed by atoms with Gasteiger partial charge in [-0.3, -0.25) is 0 Å². The molecule has 0 amide bonds. The fourth-order valence-corrected chi connectivity index (χ4v) is 1.81. The smallest absolute Gasteiger partial charge is 0.219 e. The maximum atomic E-state index is 13.5. The van der Waals surface area contributed by atoms with Crippen LogP contribution in [-0.2, 0) is 6.54 Å². The van der Waals surface area contributed by atoms with Crippen LogP contribution in [0.4, 0.5) is 4.39 Å². The zero-order valence-electron chi connectivity index (χ0n) is 10.5. The molecule has 0 atom stereocenters. The van der Waals surface area contributed by atoms with E-state index in [4.69, 9.17) is 4.74 Å². The molecule has 4 heteroatoms. The summed E-state index contributed by atoms with van der Waals surface area (Å²) in [6, 6.07) is 10.7. The van der Waals surface area contributed by atoms with E-state index < -0.39 is 0 Å². The summed E-state index contributed by atoms with van der Waals surface area (Å²) in [5.41, 5.74) is 1.09. The van der Waals surface area contributed by atoms with Gasteiger partial charge in [0.05, 0.1) is 0 Å². The second-order valence-electron chi connectivity index (χ2n) is 4.69. The summed E-state index contributed by atoms with van der Waals surface area (Å²) in [7, 11) is 0. The first-order valence-electron chi connectivity index (χ1n) is 6.42. The first-order valence-corrected chi connectivity index (χ1v) is 6.42. The molecule has 1 heterocycles. The highest BCUT2D eigenvalue weighted by molar-refractivity contribution is 5.30. The molecule has 0 bridgehead atoms. The fourth-order valence-electron chi connectivity index (χ4n) is 1.81. The number of nitrogens with one attached hydrogen (secondary N) is 1. The number of benzene rings is 1. The van der Waals surface area contributed by atoms with Gasteiger partial charge < -0.3 is 10.1 Å². The van der Waals surface area contributed by atoms with Crippen molar-refractivity contribution in [2.45, 2.75) is 25.4 Å². The average Bonchev–Trinajstić information content (AvgIpc) is 3.24. The van der Waals surface area contributed by atoms with E-state index in [0.29, 0.717) is 11.9 Å². The molecule has 0 spiro atoms. The van der Waals surface area contributed by atoms with Crippen LogP contribution >= 0.6 is 0 Å². The maximum absolute atomic E-state index is 13.5. The highest BCUT2D eigenvalue weighted by Crippen LogP contribution is 2.23. The Kier molecular flexibility index (Phi) is 3.42. The van der Waals surface area contributed by atoms with E-state index in [0.717, 1.165) is 12.1 Å². The van der Waals surface area contributed by atoms with E-state index in [1.54, 1.807) is 24.4 Å². The van der Waals surface area contributed by atoms with Crippen molar-refractivity contribution >= 4 is 0 Å². The molecule has 0 radical (unpaired) electrons. The Morgan fingerprint density at radius 2 is 2.11 bits per heavy atom. The average molecular weight is 258 g/mol. The highest BCUT2D eigenvalue weighted by Gasteiger charge is 2.19. The Morgan fingerprint density at radius 3 is 2.89 bits per heavy atom. The second-order valence-corrected chi connectivity index (χ2v) is 4.69. The molecule has 1 aliphatic carbocycles. The van der Waals surface area contributed by atoms with Gasteiger partial charge >= 0.3 is 0 Å². The SMILES string of the molecule is Fc1ccccc1Oc1cc(CNC2CC2)ccn1. The van der Waals surface area contributed by atoms with Crippen molar-refractivity contribution in [2.24, 2.45) is 0 Å². The van der Waals surface area contributed by atoms with Gasteiger partial charge in [-0.05, 0) is 36.6 Å². The Morgan fingerprint density at radius 1 is 1.26 bits per heavy atom. The molecule has 1 N–H and O–H groups in total. The predicted molar refractivity (Wildman–Crippen MR) is 70.6 cm³/mol. The van der Waals surface area contributed by atoms with Crippen LogP contribution < -0.4 is 10.1 Å². The molecule has 3 rings (SSSR count). The van der Waals surface area contributed by atoms with Crippen molar-refractivity contribution in [3.63, 3.8) is 0 Å². The van der Waals surface area contributed by atoms with E-state index in [1.807, 2.05) is 12.1 Å². The van der Waals surface area contributed by atoms with Gasteiger partial charge in [0.25, 0.3) is 0 Å². The van der Waals surface area contributed by atoms with Crippen molar-refractivity contribution in [1.82, 2.24) is 10.3 Å². The van der Waals surface area contributed by atoms with Gasteiger partial charge in [0, 0.05) is 24.8 Å². The predicted octanol–water partition coefficient (Wildman–Crippen LogP) is 3.27. The molecule has 0 unspecified atom stereocenters. The monoisotopic (exact) mass is 258 g/mol. The van der Waals surface area contributed by atoms with E-state index >= 15 is 0 Å². The number of pyridine rings is 1. The summed E-state index contributed by atoms with van der Waals surface area (Å²) in [4.78, 5) is 4.10. The minimum absolute atomic E-state index is 0.197. The van der Waals surface area contributed by atoms with Crippen LogP contribution in [-0.4, -0.2) is 11.0 Å². The fraction of sp³-hybridized carbons (Fsp3) is 0.267. The van der Waals surface area contributed by atoms with Crippen molar-refractivity contribution in [2.75, 3.05) is 0 Å². The van der Waals surface area contributed by atoms with Gasteiger partial charge in [-0.15, -0.1) is 0 Å². The lowest BCUT2D eigenvalue weighted by Crippen LogP contribution is -2.15. The van der Waals surface area contributed by atoms with E-state index in [9.17, 15) is 4.39 Å². The highest BCUT2D eigenvalue weighted by atomic mass is 19.1. The van der Waals surface area contributed by atoms with Crippen LogP contribution in [0, 0.1) is 5.82 Å². The molecule has 19 heavy (non-hydrogen) atoms. The van der Waals surface area contributed by atoms with Gasteiger partial charge in [0.1, 0.15) is 0 Å². The van der Waals surface area contributed by atoms with Gasteiger partial charge in [0.15, 0.2) is 11.6 Å². The molecular formula is C15H15FN2O. The van der Waals surface area contributed by atoms with Gasteiger partial charge in [-0.25, -0.2) is 9.37 Å². The number of ether oxygens (including phenoxy) is 1. The van der Waals surface area contributed by atoms with Crippen molar-refractivity contribution in [3.8, 4) is 11.6 Å². The minimum Gasteiger partial charge on any atom is -0.436 e. The lowest BCUT2D eigenvalue weighted by Gasteiger charge is -2.07. The van der Waals surface area contributed by atoms with Crippen LogP contribution in [0.25, 0.3) is 0 Å². The summed E-state index contributed by atoms with van der Waals surface area (Å²) in [5.74, 6) is 0.230. The first kappa shape index (κ1) is 12.1. The van der Waals surface area contributed by atoms with Crippen LogP contribution in [0.2, 0.25) is 0 Å². The summed E-state index contributed by atoms with van der Waals surface area (Å²) < 4.78 is 18.9. The third-order valence-electron chi connectivity index (χ3n) is 3.02. The van der Waals surface area contributed by atoms with Crippen molar-refractivity contribution in [3.05, 3.63) is 54.0 Å². The van der Waals surface area contributed by atoms with E-state index in [-0.39, 0.29) is 11.6 Å². The quantitative estimate of drug-likeness (QED) is 0.893. The van der Waals surface area contributed by atoms with E-state index in [1.165, 1.54) is 18.9 Å². The molecule has 1 fully saturated rings. The summed E-state index contributed by atoms with van der Waals surface area (Å²) in [5, 5.41) is 3.42. The normalized spacial score (nSPS) is 14.4. The number of rotatable bonds is 5. The summed E-state index contributed by atoms with van der Waals surface area (Å²) in [6.07, 6.45) is 4.19. The Balaban J connectivity index is 1.70. The lowest BCUT2D eigenvalue weighted by atomic mass is 10.2. The molecule has 0 aliphatic heterocycles. The van der Waals surface area contributed by atoms with Crippen molar-refractivity contribution in [1.29, 1.82) is 0 Å². The molecule has 98 valence electrons. The van der Waals surface area contributed by atoms with Crippen LogP contribution in [0.15, 0.2) is 42.6 Å². The molecule has 3 nitrogen and oxygen atoms in total.